The fourth-order valence-electron chi connectivity index (χ4n) is 4.17. The van der Waals surface area contributed by atoms with Crippen LogP contribution >= 0.6 is 0 Å². The Balaban J connectivity index is 0.000000521. The van der Waals surface area contributed by atoms with Gasteiger partial charge in [-0.05, 0) is 80.7 Å². The second-order valence-corrected chi connectivity index (χ2v) is 8.45. The molecule has 6 nitrogen and oxygen atoms in total. The van der Waals surface area contributed by atoms with E-state index in [-0.39, 0.29) is 6.42 Å². The molecule has 0 aromatic heterocycles. The van der Waals surface area contributed by atoms with Gasteiger partial charge in [0.15, 0.2) is 5.71 Å². The molecule has 2 aromatic rings. The van der Waals surface area contributed by atoms with E-state index in [4.69, 9.17) is 5.11 Å². The summed E-state index contributed by atoms with van der Waals surface area (Å²) < 4.78 is 2.38. The van der Waals surface area contributed by atoms with E-state index in [0.29, 0.717) is 0 Å². The molecule has 0 saturated heterocycles. The van der Waals surface area contributed by atoms with Gasteiger partial charge < -0.3 is 19.9 Å². The molecule has 196 valence electrons. The lowest BCUT2D eigenvalue weighted by Gasteiger charge is -2.22. The van der Waals surface area contributed by atoms with Gasteiger partial charge in [-0.15, -0.1) is 0 Å². The lowest BCUT2D eigenvalue weighted by atomic mass is 9.90. The topological polar surface area (TPSA) is 83.7 Å². The van der Waals surface area contributed by atoms with E-state index in [1.54, 1.807) is 0 Å². The molecular formula is C31H38N2O4. The minimum atomic E-state index is -1.33. The van der Waals surface area contributed by atoms with Crippen molar-refractivity contribution < 1.29 is 24.4 Å². The first-order chi connectivity index (χ1) is 17.8. The number of allylic oxidation sites excluding steroid dienone is 5. The highest BCUT2D eigenvalue weighted by Gasteiger charge is 2.14. The van der Waals surface area contributed by atoms with Crippen molar-refractivity contribution in [2.75, 3.05) is 31.1 Å². The van der Waals surface area contributed by atoms with Crippen LogP contribution in [-0.4, -0.2) is 53.5 Å². The zero-order chi connectivity index (χ0) is 27.2. The summed E-state index contributed by atoms with van der Waals surface area (Å²) in [6.45, 7) is 12.9. The van der Waals surface area contributed by atoms with Gasteiger partial charge in [-0.2, -0.15) is 0 Å². The molecule has 0 fully saturated rings. The zero-order valence-corrected chi connectivity index (χ0v) is 22.3. The molecule has 0 spiro atoms. The van der Waals surface area contributed by atoms with Crippen LogP contribution in [0.1, 0.15) is 51.7 Å². The van der Waals surface area contributed by atoms with Crippen LogP contribution in [0.4, 0.5) is 5.69 Å². The monoisotopic (exact) mass is 502 g/mol. The summed E-state index contributed by atoms with van der Waals surface area (Å²) in [6, 6.07) is 19.7. The average molecular weight is 503 g/mol. The van der Waals surface area contributed by atoms with E-state index < -0.39 is 18.4 Å². The van der Waals surface area contributed by atoms with Gasteiger partial charge in [0.2, 0.25) is 0 Å². The van der Waals surface area contributed by atoms with E-state index in [1.165, 1.54) is 33.7 Å². The number of aliphatic carboxylic acids is 2. The first-order valence-corrected chi connectivity index (χ1v) is 12.9. The molecule has 1 N–H and O–H groups in total. The van der Waals surface area contributed by atoms with Gasteiger partial charge in [0, 0.05) is 36.9 Å². The number of hydrogen-bond acceptors (Lipinski definition) is 4. The van der Waals surface area contributed by atoms with Gasteiger partial charge in [-0.1, -0.05) is 42.5 Å². The van der Waals surface area contributed by atoms with E-state index in [9.17, 15) is 14.7 Å². The van der Waals surface area contributed by atoms with Gasteiger partial charge in [-0.25, -0.2) is 4.58 Å². The number of rotatable bonds is 10. The van der Waals surface area contributed by atoms with Crippen molar-refractivity contribution in [3.63, 3.8) is 0 Å². The predicted octanol–water partition coefficient (Wildman–Crippen LogP) is 4.56. The molecular weight excluding hydrogens is 464 g/mol. The smallest absolute Gasteiger partial charge is 0.303 e. The van der Waals surface area contributed by atoms with E-state index >= 15 is 0 Å². The van der Waals surface area contributed by atoms with Crippen LogP contribution in [0.15, 0.2) is 84.5 Å². The number of carboxylic acid groups (broad SMARTS) is 2. The van der Waals surface area contributed by atoms with Crippen molar-refractivity contribution in [2.24, 2.45) is 0 Å². The molecule has 2 aromatic carbocycles. The van der Waals surface area contributed by atoms with E-state index in [0.717, 1.165) is 26.2 Å². The molecule has 3 rings (SSSR count). The number of hydrogen-bond donors (Lipinski definition) is 1. The molecule has 37 heavy (non-hydrogen) atoms. The van der Waals surface area contributed by atoms with Crippen LogP contribution in [-0.2, 0) is 9.59 Å². The molecule has 0 radical (unpaired) electrons. The van der Waals surface area contributed by atoms with Gasteiger partial charge >= 0.3 is 5.97 Å². The zero-order valence-electron chi connectivity index (χ0n) is 22.3. The molecule has 0 aliphatic heterocycles. The molecule has 6 heteroatoms. The van der Waals surface area contributed by atoms with Gasteiger partial charge in [0.25, 0.3) is 0 Å². The lowest BCUT2D eigenvalue weighted by Crippen LogP contribution is -2.22. The Morgan fingerprint density at radius 1 is 0.784 bits per heavy atom. The van der Waals surface area contributed by atoms with Crippen molar-refractivity contribution in [3.05, 3.63) is 95.6 Å². The largest absolute Gasteiger partial charge is 0.550 e. The van der Waals surface area contributed by atoms with Crippen molar-refractivity contribution in [1.29, 1.82) is 0 Å². The quantitative estimate of drug-likeness (QED) is 0.482. The van der Waals surface area contributed by atoms with Crippen LogP contribution in [0.5, 0.6) is 0 Å². The molecule has 0 saturated carbocycles. The standard InChI is InChI=1S/C27H33N2.C4H6O4/c1-5-28(6-2)25-18-14-23(15-19-25)27(22-12-10-9-11-13-22)24-16-20-26(21-17-24)29(7-3)8-4;5-3(6)1-2-4(7)8/h9-21H,5-8H2,1-4H3;1-2H2,(H,5,6)(H,7,8)/q+1;/p-1. The summed E-state index contributed by atoms with van der Waals surface area (Å²) in [5.41, 5.74) is 7.60. The molecule has 0 unspecified atom stereocenters. The van der Waals surface area contributed by atoms with Gasteiger partial charge in [-0.3, -0.25) is 4.79 Å². The molecule has 0 atom stereocenters. The number of carbonyl (C=O) groups is 2. The first kappa shape index (κ1) is 29.3. The fourth-order valence-corrected chi connectivity index (χ4v) is 4.17. The molecule has 0 heterocycles. The maximum absolute atomic E-state index is 9.61. The van der Waals surface area contributed by atoms with Crippen LogP contribution in [0.25, 0.3) is 5.57 Å². The van der Waals surface area contributed by atoms with Crippen molar-refractivity contribution in [3.8, 4) is 0 Å². The highest BCUT2D eigenvalue weighted by molar-refractivity contribution is 6.04. The van der Waals surface area contributed by atoms with E-state index in [1.807, 2.05) is 0 Å². The summed E-state index contributed by atoms with van der Waals surface area (Å²) in [5, 5.41) is 17.4. The predicted molar refractivity (Wildman–Crippen MR) is 149 cm³/mol. The van der Waals surface area contributed by atoms with Crippen molar-refractivity contribution in [1.82, 2.24) is 0 Å². The maximum atomic E-state index is 9.61. The SMILES string of the molecule is CCN(CC)c1ccc(C(=C2C=CC(=[N+](CC)CC)C=C2)c2ccccc2)cc1.O=C([O-])CCC(=O)O. The Hall–Kier alpha value is -3.93. The second kappa shape index (κ2) is 15.2. The Morgan fingerprint density at radius 2 is 1.32 bits per heavy atom. The minimum absolute atomic E-state index is 0.359. The van der Waals surface area contributed by atoms with Crippen molar-refractivity contribution >= 4 is 28.9 Å². The highest BCUT2D eigenvalue weighted by atomic mass is 16.4. The summed E-state index contributed by atoms with van der Waals surface area (Å²) in [6.07, 6.45) is 8.24. The third-order valence-electron chi connectivity index (χ3n) is 6.17. The molecule has 0 bridgehead atoms. The first-order valence-electron chi connectivity index (χ1n) is 12.9. The summed E-state index contributed by atoms with van der Waals surface area (Å²) in [5.74, 6) is -2.44. The van der Waals surface area contributed by atoms with Crippen molar-refractivity contribution in [2.45, 2.75) is 40.5 Å². The Kier molecular flexibility index (Phi) is 12.1. The van der Waals surface area contributed by atoms with Gasteiger partial charge in [0.05, 0.1) is 6.42 Å². The van der Waals surface area contributed by atoms with Crippen LogP contribution in [0.3, 0.4) is 0 Å². The summed E-state index contributed by atoms with van der Waals surface area (Å²) in [4.78, 5) is 21.5. The molecule has 0 amide bonds. The third kappa shape index (κ3) is 8.90. The second-order valence-electron chi connectivity index (χ2n) is 8.45. The minimum Gasteiger partial charge on any atom is -0.550 e. The maximum Gasteiger partial charge on any atom is 0.303 e. The Labute approximate surface area is 220 Å². The lowest BCUT2D eigenvalue weighted by molar-refractivity contribution is -0.519. The number of anilines is 1. The van der Waals surface area contributed by atoms with E-state index in [2.05, 4.69) is 116 Å². The van der Waals surface area contributed by atoms with Crippen LogP contribution in [0, 0.1) is 0 Å². The van der Waals surface area contributed by atoms with Gasteiger partial charge in [0.1, 0.15) is 13.1 Å². The number of benzene rings is 2. The number of nitrogens with zero attached hydrogens (tertiary/aromatic N) is 2. The summed E-state index contributed by atoms with van der Waals surface area (Å²) >= 11 is 0. The van der Waals surface area contributed by atoms with Crippen LogP contribution < -0.4 is 10.0 Å². The summed E-state index contributed by atoms with van der Waals surface area (Å²) in [7, 11) is 0. The third-order valence-corrected chi connectivity index (χ3v) is 6.17. The highest BCUT2D eigenvalue weighted by Crippen LogP contribution is 2.31. The number of carbonyl (C=O) groups excluding carboxylic acids is 1. The molecule has 1 aliphatic rings. The van der Waals surface area contributed by atoms with Crippen LogP contribution in [0.2, 0.25) is 0 Å². The number of carboxylic acids is 2. The normalized spacial score (nSPS) is 12.0. The average Bonchev–Trinajstić information content (AvgIpc) is 2.92. The Bertz CT molecular complexity index is 1120. The Morgan fingerprint density at radius 3 is 1.76 bits per heavy atom. The molecule has 1 aliphatic carbocycles. The fraction of sp³-hybridized carbons (Fsp3) is 0.323.